The Morgan fingerprint density at radius 2 is 2.00 bits per heavy atom. The van der Waals surface area contributed by atoms with Crippen molar-refractivity contribution in [2.24, 2.45) is 0 Å². The molecule has 1 saturated heterocycles. The van der Waals surface area contributed by atoms with E-state index in [1.54, 1.807) is 6.08 Å². The fourth-order valence-electron chi connectivity index (χ4n) is 4.38. The van der Waals surface area contributed by atoms with Crippen molar-refractivity contribution in [3.63, 3.8) is 0 Å². The standard InChI is InChI=1S/C22H23NO2/c1-16-14-18(12-11-17-8-4-3-5-9-17)19-15-21(24)25-22(19,2)20-10-6-7-13-23(16)20/h3-5,8-9,14-16,20H,6-7,10,13H2,1-2H3/t16-,20+,22-/m0/s1. The van der Waals surface area contributed by atoms with Crippen LogP contribution < -0.4 is 0 Å². The number of ether oxygens (including phenoxy) is 1. The first-order valence-corrected chi connectivity index (χ1v) is 9.08. The summed E-state index contributed by atoms with van der Waals surface area (Å²) >= 11 is 0. The number of nitrogens with zero attached hydrogens (tertiary/aromatic N) is 1. The van der Waals surface area contributed by atoms with Gasteiger partial charge in [0.1, 0.15) is 0 Å². The Hall–Kier alpha value is -2.31. The van der Waals surface area contributed by atoms with Crippen LogP contribution in [-0.2, 0) is 9.53 Å². The smallest absolute Gasteiger partial charge is 0.332 e. The molecule has 1 aromatic carbocycles. The predicted octanol–water partition coefficient (Wildman–Crippen LogP) is 3.46. The molecule has 0 spiro atoms. The predicted molar refractivity (Wildman–Crippen MR) is 97.8 cm³/mol. The molecule has 1 aromatic rings. The van der Waals surface area contributed by atoms with Crippen molar-refractivity contribution < 1.29 is 9.53 Å². The van der Waals surface area contributed by atoms with Crippen molar-refractivity contribution >= 4 is 5.97 Å². The van der Waals surface area contributed by atoms with E-state index >= 15 is 0 Å². The van der Waals surface area contributed by atoms with E-state index in [9.17, 15) is 4.79 Å². The lowest BCUT2D eigenvalue weighted by molar-refractivity contribution is -0.151. The van der Waals surface area contributed by atoms with Crippen LogP contribution in [0.5, 0.6) is 0 Å². The molecule has 0 aromatic heterocycles. The van der Waals surface area contributed by atoms with Gasteiger partial charge in [-0.1, -0.05) is 42.5 Å². The molecule has 128 valence electrons. The minimum atomic E-state index is -0.598. The first kappa shape index (κ1) is 16.2. The summed E-state index contributed by atoms with van der Waals surface area (Å²) in [4.78, 5) is 14.6. The molecule has 25 heavy (non-hydrogen) atoms. The van der Waals surface area contributed by atoms with Crippen LogP contribution in [-0.4, -0.2) is 35.1 Å². The Balaban J connectivity index is 1.79. The highest BCUT2D eigenvalue weighted by Gasteiger charge is 2.51. The van der Waals surface area contributed by atoms with E-state index in [0.29, 0.717) is 0 Å². The van der Waals surface area contributed by atoms with Gasteiger partial charge in [-0.2, -0.15) is 0 Å². The van der Waals surface area contributed by atoms with Gasteiger partial charge in [-0.3, -0.25) is 4.90 Å². The van der Waals surface area contributed by atoms with Crippen molar-refractivity contribution in [3.8, 4) is 11.8 Å². The highest BCUT2D eigenvalue weighted by molar-refractivity contribution is 5.89. The molecule has 3 aliphatic heterocycles. The third-order valence-corrected chi connectivity index (χ3v) is 5.63. The molecule has 0 N–H and O–H groups in total. The number of hydrogen-bond donors (Lipinski definition) is 0. The summed E-state index contributed by atoms with van der Waals surface area (Å²) in [5, 5.41) is 0. The Morgan fingerprint density at radius 1 is 1.20 bits per heavy atom. The zero-order valence-corrected chi connectivity index (χ0v) is 14.8. The Bertz CT molecular complexity index is 811. The number of carbonyl (C=O) groups is 1. The van der Waals surface area contributed by atoms with Gasteiger partial charge >= 0.3 is 5.97 Å². The SMILES string of the molecule is C[C@H]1C=C(C#Cc2ccccc2)C2=CC(=O)O[C@]2(C)[C@H]2CCCCN12. The van der Waals surface area contributed by atoms with Gasteiger partial charge in [0.05, 0.1) is 6.04 Å². The average Bonchev–Trinajstić information content (AvgIpc) is 2.91. The molecule has 4 rings (SSSR count). The van der Waals surface area contributed by atoms with Crippen molar-refractivity contribution in [1.29, 1.82) is 0 Å². The topological polar surface area (TPSA) is 29.5 Å². The largest absolute Gasteiger partial charge is 0.450 e. The number of rotatable bonds is 0. The number of benzene rings is 1. The van der Waals surface area contributed by atoms with Crippen LogP contribution >= 0.6 is 0 Å². The van der Waals surface area contributed by atoms with Crippen LogP contribution in [0, 0.1) is 11.8 Å². The lowest BCUT2D eigenvalue weighted by Crippen LogP contribution is -2.55. The van der Waals surface area contributed by atoms with Gasteiger partial charge in [0.15, 0.2) is 5.60 Å². The van der Waals surface area contributed by atoms with Crippen molar-refractivity contribution in [2.75, 3.05) is 6.54 Å². The summed E-state index contributed by atoms with van der Waals surface area (Å²) in [7, 11) is 0. The van der Waals surface area contributed by atoms with E-state index in [-0.39, 0.29) is 18.1 Å². The first-order chi connectivity index (χ1) is 12.1. The van der Waals surface area contributed by atoms with Gasteiger partial charge in [0.25, 0.3) is 0 Å². The maximum atomic E-state index is 12.1. The molecular weight excluding hydrogens is 310 g/mol. The minimum Gasteiger partial charge on any atom is -0.450 e. The van der Waals surface area contributed by atoms with Gasteiger partial charge in [0.2, 0.25) is 0 Å². The highest BCUT2D eigenvalue weighted by Crippen LogP contribution is 2.44. The van der Waals surface area contributed by atoms with Gasteiger partial charge in [-0.05, 0) is 45.4 Å². The van der Waals surface area contributed by atoms with Crippen LogP contribution in [0.3, 0.4) is 0 Å². The Labute approximate surface area is 149 Å². The molecule has 1 fully saturated rings. The highest BCUT2D eigenvalue weighted by atomic mass is 16.6. The summed E-state index contributed by atoms with van der Waals surface area (Å²) < 4.78 is 5.85. The second-order valence-corrected chi connectivity index (χ2v) is 7.27. The van der Waals surface area contributed by atoms with E-state index in [4.69, 9.17) is 4.74 Å². The van der Waals surface area contributed by atoms with Crippen LogP contribution in [0.4, 0.5) is 0 Å². The molecule has 3 heteroatoms. The molecule has 3 heterocycles. The summed E-state index contributed by atoms with van der Waals surface area (Å²) in [6, 6.07) is 10.5. The molecule has 0 radical (unpaired) electrons. The van der Waals surface area contributed by atoms with Crippen molar-refractivity contribution in [3.05, 3.63) is 59.2 Å². The van der Waals surface area contributed by atoms with Gasteiger partial charge in [-0.25, -0.2) is 4.79 Å². The van der Waals surface area contributed by atoms with Crippen LogP contribution in [0.15, 0.2) is 53.6 Å². The minimum absolute atomic E-state index is 0.223. The van der Waals surface area contributed by atoms with Crippen LogP contribution in [0.25, 0.3) is 0 Å². The zero-order valence-electron chi connectivity index (χ0n) is 14.8. The number of esters is 1. The van der Waals surface area contributed by atoms with Crippen LogP contribution in [0.1, 0.15) is 38.7 Å². The summed E-state index contributed by atoms with van der Waals surface area (Å²) in [5.41, 5.74) is 2.26. The lowest BCUT2D eigenvalue weighted by Gasteiger charge is -2.45. The maximum Gasteiger partial charge on any atom is 0.332 e. The van der Waals surface area contributed by atoms with Crippen molar-refractivity contribution in [2.45, 2.75) is 50.8 Å². The number of carbonyl (C=O) groups excluding carboxylic acids is 1. The fourth-order valence-corrected chi connectivity index (χ4v) is 4.38. The average molecular weight is 333 g/mol. The number of hydrogen-bond acceptors (Lipinski definition) is 3. The summed E-state index contributed by atoms with van der Waals surface area (Å²) in [6.07, 6.45) is 7.28. The molecule has 0 unspecified atom stereocenters. The third-order valence-electron chi connectivity index (χ3n) is 5.63. The molecule has 3 atom stereocenters. The van der Waals surface area contributed by atoms with Gasteiger partial charge < -0.3 is 4.74 Å². The molecule has 3 nitrogen and oxygen atoms in total. The van der Waals surface area contributed by atoms with E-state index in [2.05, 4.69) is 36.7 Å². The van der Waals surface area contributed by atoms with E-state index in [1.165, 1.54) is 12.8 Å². The zero-order chi connectivity index (χ0) is 17.4. The molecular formula is C22H23NO2. The number of piperidine rings is 1. The molecule has 3 aliphatic rings. The second kappa shape index (κ2) is 6.20. The van der Waals surface area contributed by atoms with E-state index in [1.807, 2.05) is 30.3 Å². The fraction of sp³-hybridized carbons (Fsp3) is 0.409. The number of fused-ring (bicyclic) bond motifs is 3. The Morgan fingerprint density at radius 3 is 2.80 bits per heavy atom. The molecule has 0 bridgehead atoms. The first-order valence-electron chi connectivity index (χ1n) is 9.08. The monoisotopic (exact) mass is 333 g/mol. The van der Waals surface area contributed by atoms with E-state index in [0.717, 1.165) is 29.7 Å². The molecule has 0 aliphatic carbocycles. The lowest BCUT2D eigenvalue weighted by atomic mass is 9.81. The summed E-state index contributed by atoms with van der Waals surface area (Å²) in [5.74, 6) is 6.32. The molecule has 0 amide bonds. The van der Waals surface area contributed by atoms with Gasteiger partial charge in [-0.15, -0.1) is 0 Å². The van der Waals surface area contributed by atoms with E-state index < -0.39 is 5.60 Å². The normalized spacial score (nSPS) is 31.5. The second-order valence-electron chi connectivity index (χ2n) is 7.27. The molecule has 0 saturated carbocycles. The summed E-state index contributed by atoms with van der Waals surface area (Å²) in [6.45, 7) is 5.32. The van der Waals surface area contributed by atoms with Crippen LogP contribution in [0.2, 0.25) is 0 Å². The third kappa shape index (κ3) is 2.81. The Kier molecular flexibility index (Phi) is 4.01. The quantitative estimate of drug-likeness (QED) is 0.538. The van der Waals surface area contributed by atoms with Crippen molar-refractivity contribution in [1.82, 2.24) is 4.90 Å². The maximum absolute atomic E-state index is 12.1. The van der Waals surface area contributed by atoms with Gasteiger partial charge in [0, 0.05) is 28.8 Å².